The van der Waals surface area contributed by atoms with Crippen LogP contribution in [0.15, 0.2) is 36.7 Å². The summed E-state index contributed by atoms with van der Waals surface area (Å²) < 4.78 is 8.71. The highest BCUT2D eigenvalue weighted by Gasteiger charge is 2.19. The van der Waals surface area contributed by atoms with E-state index in [2.05, 4.69) is 20.8 Å². The van der Waals surface area contributed by atoms with Gasteiger partial charge in [0.2, 0.25) is 0 Å². The molecule has 0 saturated carbocycles. The normalized spacial score (nSPS) is 10.6. The number of nitrogens with zero attached hydrogens (tertiary/aromatic N) is 4. The van der Waals surface area contributed by atoms with Crippen LogP contribution in [0, 0.1) is 6.92 Å². The van der Waals surface area contributed by atoms with Crippen LogP contribution in [-0.4, -0.2) is 38.4 Å². The molecule has 0 fully saturated rings. The van der Waals surface area contributed by atoms with Crippen LogP contribution in [0.5, 0.6) is 5.75 Å². The molecule has 2 heterocycles. The van der Waals surface area contributed by atoms with E-state index in [0.29, 0.717) is 23.0 Å². The summed E-state index contributed by atoms with van der Waals surface area (Å²) in [6.45, 7) is 4.47. The second kappa shape index (κ2) is 8.78. The molecule has 9 nitrogen and oxygen atoms in total. The smallest absolute Gasteiger partial charge is 0.276 e. The van der Waals surface area contributed by atoms with Crippen molar-refractivity contribution in [1.82, 2.24) is 24.9 Å². The molecule has 3 rings (SSSR count). The van der Waals surface area contributed by atoms with Crippen LogP contribution in [-0.2, 0) is 13.3 Å². The molecule has 0 bridgehead atoms. The Morgan fingerprint density at radius 2 is 1.97 bits per heavy atom. The maximum atomic E-state index is 12.5. The van der Waals surface area contributed by atoms with Gasteiger partial charge in [-0.15, -0.1) is 0 Å². The molecule has 0 saturated heterocycles. The van der Waals surface area contributed by atoms with Crippen molar-refractivity contribution in [3.63, 3.8) is 0 Å². The number of hydrogen-bond donors (Lipinski definition) is 2. The van der Waals surface area contributed by atoms with Crippen molar-refractivity contribution in [3.8, 4) is 5.75 Å². The van der Waals surface area contributed by atoms with Gasteiger partial charge in [-0.25, -0.2) is 4.68 Å². The van der Waals surface area contributed by atoms with E-state index in [0.717, 1.165) is 5.56 Å². The Morgan fingerprint density at radius 3 is 2.69 bits per heavy atom. The molecular formula is C19H21ClN6O3. The fourth-order valence-electron chi connectivity index (χ4n) is 2.56. The number of carbonyl (C=O) groups is 2. The van der Waals surface area contributed by atoms with Crippen molar-refractivity contribution < 1.29 is 14.3 Å². The summed E-state index contributed by atoms with van der Waals surface area (Å²) in [6, 6.07) is 7.03. The van der Waals surface area contributed by atoms with Gasteiger partial charge in [0.15, 0.2) is 18.1 Å². The SMILES string of the molecule is CCn1cc(NC(=O)c2ccn(COc3cc(C)ccc3Cl)n2)c(C(=O)NC)n1. The van der Waals surface area contributed by atoms with Crippen molar-refractivity contribution in [3.05, 3.63) is 58.6 Å². The summed E-state index contributed by atoms with van der Waals surface area (Å²) >= 11 is 6.12. The molecule has 0 aliphatic carbocycles. The highest BCUT2D eigenvalue weighted by atomic mass is 35.5. The topological polar surface area (TPSA) is 103 Å². The van der Waals surface area contributed by atoms with Crippen molar-refractivity contribution >= 4 is 29.1 Å². The number of hydrogen-bond acceptors (Lipinski definition) is 5. The van der Waals surface area contributed by atoms with Crippen LogP contribution >= 0.6 is 11.6 Å². The van der Waals surface area contributed by atoms with Gasteiger partial charge < -0.3 is 15.4 Å². The first-order valence-corrected chi connectivity index (χ1v) is 9.32. The highest BCUT2D eigenvalue weighted by Crippen LogP contribution is 2.25. The molecule has 1 aromatic carbocycles. The summed E-state index contributed by atoms with van der Waals surface area (Å²) in [4.78, 5) is 24.5. The van der Waals surface area contributed by atoms with Gasteiger partial charge in [-0.1, -0.05) is 17.7 Å². The number of carbonyl (C=O) groups excluding carboxylic acids is 2. The molecule has 0 aliphatic heterocycles. The number of aromatic nitrogens is 4. The Balaban J connectivity index is 1.69. The van der Waals surface area contributed by atoms with E-state index in [1.165, 1.54) is 11.7 Å². The first kappa shape index (κ1) is 20.4. The number of rotatable bonds is 7. The summed E-state index contributed by atoms with van der Waals surface area (Å²) in [5, 5.41) is 14.0. The molecule has 0 aliphatic rings. The molecule has 10 heteroatoms. The molecule has 2 N–H and O–H groups in total. The Hall–Kier alpha value is -3.33. The zero-order chi connectivity index (χ0) is 21.0. The number of amides is 2. The second-order valence-electron chi connectivity index (χ2n) is 6.23. The van der Waals surface area contributed by atoms with Crippen molar-refractivity contribution in [2.24, 2.45) is 0 Å². The van der Waals surface area contributed by atoms with Crippen LogP contribution in [0.3, 0.4) is 0 Å². The van der Waals surface area contributed by atoms with E-state index >= 15 is 0 Å². The lowest BCUT2D eigenvalue weighted by Crippen LogP contribution is -2.22. The van der Waals surface area contributed by atoms with Crippen LogP contribution in [0.25, 0.3) is 0 Å². The predicted molar refractivity (Wildman–Crippen MR) is 108 cm³/mol. The zero-order valence-corrected chi connectivity index (χ0v) is 17.0. The third-order valence-corrected chi connectivity index (χ3v) is 4.40. The van der Waals surface area contributed by atoms with Gasteiger partial charge in [-0.2, -0.15) is 10.2 Å². The van der Waals surface area contributed by atoms with E-state index in [1.807, 2.05) is 26.0 Å². The number of ether oxygens (including phenoxy) is 1. The summed E-state index contributed by atoms with van der Waals surface area (Å²) in [5.74, 6) is -0.310. The first-order chi connectivity index (χ1) is 13.9. The van der Waals surface area contributed by atoms with Crippen molar-refractivity contribution in [2.75, 3.05) is 12.4 Å². The number of anilines is 1. The third kappa shape index (κ3) is 4.75. The van der Waals surface area contributed by atoms with Crippen molar-refractivity contribution in [2.45, 2.75) is 27.1 Å². The maximum absolute atomic E-state index is 12.5. The molecular weight excluding hydrogens is 396 g/mol. The Bertz CT molecular complexity index is 1040. The van der Waals surface area contributed by atoms with Gasteiger partial charge >= 0.3 is 0 Å². The minimum Gasteiger partial charge on any atom is -0.470 e. The average molecular weight is 417 g/mol. The fraction of sp³-hybridized carbons (Fsp3) is 0.263. The first-order valence-electron chi connectivity index (χ1n) is 8.94. The minimum absolute atomic E-state index is 0.0910. The summed E-state index contributed by atoms with van der Waals surface area (Å²) in [6.07, 6.45) is 3.22. The molecule has 29 heavy (non-hydrogen) atoms. The van der Waals surface area contributed by atoms with Crippen LogP contribution < -0.4 is 15.4 Å². The molecule has 0 atom stereocenters. The number of aryl methyl sites for hydroxylation is 2. The van der Waals surface area contributed by atoms with Gasteiger partial charge in [-0.3, -0.25) is 14.3 Å². The molecule has 0 unspecified atom stereocenters. The van der Waals surface area contributed by atoms with E-state index in [-0.39, 0.29) is 24.0 Å². The highest BCUT2D eigenvalue weighted by molar-refractivity contribution is 6.32. The Kier molecular flexibility index (Phi) is 6.18. The molecule has 2 amide bonds. The molecule has 0 radical (unpaired) electrons. The Morgan fingerprint density at radius 1 is 1.17 bits per heavy atom. The third-order valence-electron chi connectivity index (χ3n) is 4.09. The molecule has 2 aromatic heterocycles. The van der Waals surface area contributed by atoms with Gasteiger partial charge in [0.25, 0.3) is 11.8 Å². The Labute approximate surface area is 172 Å². The monoisotopic (exact) mass is 416 g/mol. The van der Waals surface area contributed by atoms with E-state index in [1.54, 1.807) is 29.2 Å². The molecule has 0 spiro atoms. The lowest BCUT2D eigenvalue weighted by molar-refractivity contribution is 0.0958. The number of benzene rings is 1. The minimum atomic E-state index is -0.460. The van der Waals surface area contributed by atoms with E-state index in [9.17, 15) is 9.59 Å². The lowest BCUT2D eigenvalue weighted by atomic mass is 10.2. The number of nitrogens with one attached hydrogen (secondary N) is 2. The van der Waals surface area contributed by atoms with Gasteiger partial charge in [-0.05, 0) is 37.6 Å². The van der Waals surface area contributed by atoms with Crippen molar-refractivity contribution in [1.29, 1.82) is 0 Å². The van der Waals surface area contributed by atoms with Gasteiger partial charge in [0.1, 0.15) is 5.75 Å². The van der Waals surface area contributed by atoms with Gasteiger partial charge in [0.05, 0.1) is 10.7 Å². The van der Waals surface area contributed by atoms with E-state index in [4.69, 9.17) is 16.3 Å². The van der Waals surface area contributed by atoms with Crippen LogP contribution in [0.1, 0.15) is 33.5 Å². The quantitative estimate of drug-likeness (QED) is 0.616. The largest absolute Gasteiger partial charge is 0.470 e. The number of halogens is 1. The summed E-state index contributed by atoms with van der Waals surface area (Å²) in [5.41, 5.74) is 1.65. The van der Waals surface area contributed by atoms with E-state index < -0.39 is 5.91 Å². The maximum Gasteiger partial charge on any atom is 0.276 e. The average Bonchev–Trinajstić information content (AvgIpc) is 3.35. The molecule has 3 aromatic rings. The fourth-order valence-corrected chi connectivity index (χ4v) is 2.73. The van der Waals surface area contributed by atoms with Crippen LogP contribution in [0.4, 0.5) is 5.69 Å². The predicted octanol–water partition coefficient (Wildman–Crippen LogP) is 2.71. The van der Waals surface area contributed by atoms with Crippen LogP contribution in [0.2, 0.25) is 5.02 Å². The lowest BCUT2D eigenvalue weighted by Gasteiger charge is -2.08. The van der Waals surface area contributed by atoms with Gasteiger partial charge in [0, 0.05) is 26.0 Å². The molecule has 152 valence electrons. The standard InChI is InChI=1S/C19H21ClN6O3/c1-4-25-10-15(17(24-25)19(28)21-3)22-18(27)14-7-8-26(23-14)11-29-16-9-12(2)5-6-13(16)20/h5-10H,4,11H2,1-3H3,(H,21,28)(H,22,27). The zero-order valence-electron chi connectivity index (χ0n) is 16.3. The second-order valence-corrected chi connectivity index (χ2v) is 6.64. The summed E-state index contributed by atoms with van der Waals surface area (Å²) in [7, 11) is 1.50.